The van der Waals surface area contributed by atoms with Gasteiger partial charge in [0, 0.05) is 30.8 Å². The van der Waals surface area contributed by atoms with Crippen molar-refractivity contribution in [3.05, 3.63) is 52.3 Å². The fourth-order valence-electron chi connectivity index (χ4n) is 4.27. The molecule has 3 aromatic rings. The second-order valence-corrected chi connectivity index (χ2v) is 9.52. The lowest BCUT2D eigenvalue weighted by molar-refractivity contribution is -0.128. The monoisotopic (exact) mass is 506 g/mol. The average Bonchev–Trinajstić information content (AvgIpc) is 3.14. The lowest BCUT2D eigenvalue weighted by Gasteiger charge is -2.39. The van der Waals surface area contributed by atoms with Crippen LogP contribution < -0.4 is 10.5 Å². The normalized spacial score (nSPS) is 17.9. The van der Waals surface area contributed by atoms with Gasteiger partial charge in [0.25, 0.3) is 5.91 Å². The smallest absolute Gasteiger partial charge is 0.258 e. The summed E-state index contributed by atoms with van der Waals surface area (Å²) >= 11 is 14.4. The molecule has 5 rings (SSSR count). The predicted octanol–water partition coefficient (Wildman–Crippen LogP) is 4.22. The molecule has 0 unspecified atom stereocenters. The Morgan fingerprint density at radius 1 is 1.33 bits per heavy atom. The molecule has 0 aliphatic carbocycles. The summed E-state index contributed by atoms with van der Waals surface area (Å²) in [7, 11) is 0. The minimum atomic E-state index is -0.452. The van der Waals surface area contributed by atoms with Crippen molar-refractivity contribution < 1.29 is 18.7 Å². The number of amides is 2. The van der Waals surface area contributed by atoms with Gasteiger partial charge in [0.2, 0.25) is 5.91 Å². The van der Waals surface area contributed by atoms with Crippen LogP contribution in [0.5, 0.6) is 5.75 Å². The van der Waals surface area contributed by atoms with E-state index in [2.05, 4.69) is 11.6 Å². The topological polar surface area (TPSA) is 88.8 Å². The molecule has 1 aromatic heterocycles. The van der Waals surface area contributed by atoms with Crippen molar-refractivity contribution in [3.63, 3.8) is 0 Å². The van der Waals surface area contributed by atoms with Gasteiger partial charge in [-0.2, -0.15) is 0 Å². The van der Waals surface area contributed by atoms with Crippen molar-refractivity contribution in [3.8, 4) is 16.9 Å². The Balaban J connectivity index is 1.60. The highest BCUT2D eigenvalue weighted by molar-refractivity contribution is 7.22. The van der Waals surface area contributed by atoms with E-state index in [1.54, 1.807) is 9.80 Å². The number of anilines is 1. The van der Waals surface area contributed by atoms with Crippen LogP contribution in [-0.4, -0.2) is 58.9 Å². The maximum atomic E-state index is 14.3. The summed E-state index contributed by atoms with van der Waals surface area (Å²) in [6.45, 7) is 4.72. The molecule has 1 saturated heterocycles. The van der Waals surface area contributed by atoms with Gasteiger partial charge in [0.1, 0.15) is 12.4 Å². The highest BCUT2D eigenvalue weighted by Gasteiger charge is 2.38. The van der Waals surface area contributed by atoms with E-state index < -0.39 is 5.82 Å². The Labute approximate surface area is 202 Å². The third-order valence-corrected chi connectivity index (χ3v) is 7.39. The number of rotatable bonds is 2. The first-order valence-corrected chi connectivity index (χ1v) is 11.6. The van der Waals surface area contributed by atoms with E-state index in [0.717, 1.165) is 11.3 Å². The van der Waals surface area contributed by atoms with Crippen molar-refractivity contribution in [2.45, 2.75) is 6.04 Å². The van der Waals surface area contributed by atoms with Crippen LogP contribution >= 0.6 is 34.5 Å². The molecule has 1 fully saturated rings. The minimum absolute atomic E-state index is 0.129. The van der Waals surface area contributed by atoms with Crippen LogP contribution in [0.4, 0.5) is 9.52 Å². The van der Waals surface area contributed by atoms with Crippen LogP contribution in [0.2, 0.25) is 10.0 Å². The van der Waals surface area contributed by atoms with Crippen LogP contribution in [0.25, 0.3) is 21.3 Å². The summed E-state index contributed by atoms with van der Waals surface area (Å²) in [6.07, 6.45) is 1.25. The molecule has 2 aromatic carbocycles. The number of ether oxygens (including phenoxy) is 1. The number of nitrogen functional groups attached to an aromatic ring is 1. The van der Waals surface area contributed by atoms with Crippen molar-refractivity contribution in [2.75, 3.05) is 32.0 Å². The van der Waals surface area contributed by atoms with Crippen LogP contribution in [0.3, 0.4) is 0 Å². The number of hydrogen-bond acceptors (Lipinski definition) is 6. The molecule has 7 nitrogen and oxygen atoms in total. The van der Waals surface area contributed by atoms with E-state index in [0.29, 0.717) is 36.3 Å². The SMILES string of the molecule is C=CC(=O)N1CCN2C(=O)c3cc(Cl)c(-c4ccc(F)c5sc(N)nc45)c(Cl)c3OC[C@@H]2C1. The van der Waals surface area contributed by atoms with Crippen molar-refractivity contribution in [2.24, 2.45) is 0 Å². The van der Waals surface area contributed by atoms with Crippen molar-refractivity contribution in [1.29, 1.82) is 0 Å². The molecule has 0 bridgehead atoms. The summed E-state index contributed by atoms with van der Waals surface area (Å²) in [6, 6.07) is 3.98. The summed E-state index contributed by atoms with van der Waals surface area (Å²) in [5.74, 6) is -0.740. The first kappa shape index (κ1) is 21.9. The average molecular weight is 507 g/mol. The number of nitrogens with zero attached hydrogens (tertiary/aromatic N) is 3. The number of fused-ring (bicyclic) bond motifs is 3. The number of nitrogens with two attached hydrogens (primary N) is 1. The Bertz CT molecular complexity index is 1350. The van der Waals surface area contributed by atoms with Crippen LogP contribution in [0.15, 0.2) is 30.9 Å². The second kappa shape index (κ2) is 8.16. The molecule has 2 aliphatic heterocycles. The molecule has 2 aliphatic rings. The van der Waals surface area contributed by atoms with Gasteiger partial charge in [-0.3, -0.25) is 9.59 Å². The molecule has 2 N–H and O–H groups in total. The Morgan fingerprint density at radius 3 is 2.88 bits per heavy atom. The predicted molar refractivity (Wildman–Crippen MR) is 127 cm³/mol. The molecule has 0 radical (unpaired) electrons. The molecule has 170 valence electrons. The molecule has 0 saturated carbocycles. The van der Waals surface area contributed by atoms with E-state index in [9.17, 15) is 14.0 Å². The largest absolute Gasteiger partial charge is 0.489 e. The number of carbonyl (C=O) groups is 2. The van der Waals surface area contributed by atoms with Gasteiger partial charge in [-0.1, -0.05) is 41.1 Å². The highest BCUT2D eigenvalue weighted by Crippen LogP contribution is 2.47. The first-order valence-electron chi connectivity index (χ1n) is 10.0. The number of aromatic nitrogens is 1. The number of halogens is 3. The van der Waals surface area contributed by atoms with Gasteiger partial charge in [-0.25, -0.2) is 9.37 Å². The third kappa shape index (κ3) is 3.51. The van der Waals surface area contributed by atoms with E-state index in [4.69, 9.17) is 33.7 Å². The lowest BCUT2D eigenvalue weighted by Crippen LogP contribution is -2.57. The van der Waals surface area contributed by atoms with Crippen LogP contribution in [-0.2, 0) is 4.79 Å². The quantitative estimate of drug-likeness (QED) is 0.525. The molecular formula is C22H17Cl2FN4O3S. The maximum absolute atomic E-state index is 14.3. The van der Waals surface area contributed by atoms with Gasteiger partial charge in [-0.05, 0) is 24.3 Å². The zero-order valence-electron chi connectivity index (χ0n) is 17.1. The third-order valence-electron chi connectivity index (χ3n) is 5.84. The summed E-state index contributed by atoms with van der Waals surface area (Å²) < 4.78 is 20.6. The van der Waals surface area contributed by atoms with E-state index >= 15 is 0 Å². The van der Waals surface area contributed by atoms with E-state index in [-0.39, 0.29) is 55.7 Å². The zero-order valence-corrected chi connectivity index (χ0v) is 19.4. The molecule has 1 atom stereocenters. The molecule has 33 heavy (non-hydrogen) atoms. The Kier molecular flexibility index (Phi) is 5.43. The van der Waals surface area contributed by atoms with Gasteiger partial charge >= 0.3 is 0 Å². The molecule has 3 heterocycles. The number of thiazole rings is 1. The van der Waals surface area contributed by atoms with Crippen LogP contribution in [0, 0.1) is 5.82 Å². The van der Waals surface area contributed by atoms with Gasteiger partial charge in [-0.15, -0.1) is 0 Å². The van der Waals surface area contributed by atoms with Gasteiger partial charge < -0.3 is 20.3 Å². The Hall–Kier alpha value is -2.88. The number of hydrogen-bond donors (Lipinski definition) is 1. The number of benzene rings is 2. The number of carbonyl (C=O) groups excluding carboxylic acids is 2. The summed E-state index contributed by atoms with van der Waals surface area (Å²) in [4.78, 5) is 32.9. The molecule has 11 heteroatoms. The molecular weight excluding hydrogens is 490 g/mol. The summed E-state index contributed by atoms with van der Waals surface area (Å²) in [5.41, 5.74) is 7.23. The van der Waals surface area contributed by atoms with E-state index in [1.807, 2.05) is 0 Å². The second-order valence-electron chi connectivity index (χ2n) is 7.70. The van der Waals surface area contributed by atoms with Crippen LogP contribution in [0.1, 0.15) is 10.4 Å². The van der Waals surface area contributed by atoms with Crippen molar-refractivity contribution in [1.82, 2.24) is 14.8 Å². The fraction of sp³-hybridized carbons (Fsp3) is 0.227. The van der Waals surface area contributed by atoms with Gasteiger partial charge in [0.15, 0.2) is 10.9 Å². The maximum Gasteiger partial charge on any atom is 0.258 e. The van der Waals surface area contributed by atoms with E-state index in [1.165, 1.54) is 24.3 Å². The van der Waals surface area contributed by atoms with Gasteiger partial charge in [0.05, 0.1) is 31.9 Å². The standard InChI is InChI=1S/C22H17Cl2FN4O3S/c1-2-15(30)28-5-6-29-10(8-28)9-32-19-12(21(29)31)7-13(23)16(17(19)24)11-3-4-14(25)20-18(11)27-22(26)33-20/h2-4,7,10H,1,5-6,8-9H2,(H2,26,27)/t10-/m0/s1. The van der Waals surface area contributed by atoms with Crippen molar-refractivity contribution >= 4 is 61.7 Å². The number of piperazine rings is 1. The zero-order chi connectivity index (χ0) is 23.4. The fourth-order valence-corrected chi connectivity index (χ4v) is 5.75. The molecule has 2 amide bonds. The summed E-state index contributed by atoms with van der Waals surface area (Å²) in [5, 5.41) is 0.540. The lowest BCUT2D eigenvalue weighted by atomic mass is 10.0. The molecule has 0 spiro atoms. The minimum Gasteiger partial charge on any atom is -0.489 e. The highest BCUT2D eigenvalue weighted by atomic mass is 35.5. The Morgan fingerprint density at radius 2 is 2.12 bits per heavy atom. The first-order chi connectivity index (χ1) is 15.8.